The Labute approximate surface area is 384 Å². The second-order valence-corrected chi connectivity index (χ2v) is 20.6. The molecule has 2 N–H and O–H groups in total. The summed E-state index contributed by atoms with van der Waals surface area (Å²) in [5, 5.41) is 3.56. The van der Waals surface area contributed by atoms with Crippen molar-refractivity contribution in [3.05, 3.63) is 132 Å². The van der Waals surface area contributed by atoms with Gasteiger partial charge in [0.05, 0.1) is 27.1 Å². The fourth-order valence-corrected chi connectivity index (χ4v) is 11.5. The summed E-state index contributed by atoms with van der Waals surface area (Å²) in [5.74, 6) is 0.527. The van der Waals surface area contributed by atoms with Crippen LogP contribution in [-0.4, -0.2) is 67.4 Å². The largest absolute Gasteiger partial charge is 0.501 e. The third kappa shape index (κ3) is 10.7. The number of halogens is 4. The first-order valence-electron chi connectivity index (χ1n) is 20.6. The molecule has 1 aromatic heterocycles. The smallest absolute Gasteiger partial charge is 0.383 e. The molecule has 63 heavy (non-hydrogen) atoms. The lowest BCUT2D eigenvalue weighted by molar-refractivity contribution is -0.0435. The van der Waals surface area contributed by atoms with Gasteiger partial charge in [0, 0.05) is 94.4 Å². The third-order valence-corrected chi connectivity index (χ3v) is 15.4. The van der Waals surface area contributed by atoms with Crippen LogP contribution in [0.15, 0.2) is 141 Å². The zero-order valence-corrected chi connectivity index (χ0v) is 39.1. The highest BCUT2D eigenvalue weighted by Crippen LogP contribution is 2.43. The van der Waals surface area contributed by atoms with Crippen LogP contribution in [0.5, 0.6) is 0 Å². The third-order valence-electron chi connectivity index (χ3n) is 10.8. The van der Waals surface area contributed by atoms with Crippen LogP contribution in [0.4, 0.5) is 35.9 Å². The Balaban J connectivity index is 1.01. The summed E-state index contributed by atoms with van der Waals surface area (Å²) in [7, 11) is -6.84. The summed E-state index contributed by atoms with van der Waals surface area (Å²) >= 11 is 8.86. The van der Waals surface area contributed by atoms with E-state index in [0.717, 1.165) is 113 Å². The highest BCUT2D eigenvalue weighted by atomic mass is 35.5. The number of piperazine rings is 1. The van der Waals surface area contributed by atoms with Gasteiger partial charge in [-0.2, -0.15) is 13.2 Å². The second-order valence-electron chi connectivity index (χ2n) is 14.9. The van der Waals surface area contributed by atoms with E-state index in [2.05, 4.69) is 62.5 Å². The van der Waals surface area contributed by atoms with E-state index in [4.69, 9.17) is 11.6 Å². The van der Waals surface area contributed by atoms with E-state index in [0.29, 0.717) is 21.4 Å². The molecule has 1 aliphatic heterocycles. The van der Waals surface area contributed by atoms with Crippen LogP contribution >= 0.6 is 35.3 Å². The number of sulfone groups is 1. The Morgan fingerprint density at radius 1 is 0.778 bits per heavy atom. The van der Waals surface area contributed by atoms with Gasteiger partial charge in [-0.3, -0.25) is 4.21 Å². The molecule has 1 unspecified atom stereocenters. The monoisotopic (exact) mass is 951 g/mol. The number of thioether (sulfide) groups is 1. The summed E-state index contributed by atoms with van der Waals surface area (Å²) in [6.45, 7) is 8.42. The summed E-state index contributed by atoms with van der Waals surface area (Å²) in [6, 6.07) is 37.8. The molecule has 7 rings (SSSR count). The van der Waals surface area contributed by atoms with Gasteiger partial charge >= 0.3 is 5.51 Å². The zero-order chi connectivity index (χ0) is 44.7. The Kier molecular flexibility index (Phi) is 15.1. The van der Waals surface area contributed by atoms with Gasteiger partial charge in [-0.1, -0.05) is 67.4 Å². The maximum atomic E-state index is 13.8. The molecule has 1 fully saturated rings. The zero-order valence-electron chi connectivity index (χ0n) is 35.1. The van der Waals surface area contributed by atoms with Crippen molar-refractivity contribution in [2.24, 2.45) is 0 Å². The molecule has 1 aliphatic rings. The van der Waals surface area contributed by atoms with Crippen LogP contribution in [0.2, 0.25) is 5.02 Å². The maximum absolute atomic E-state index is 13.8. The number of benzene rings is 5. The molecule has 1 saturated heterocycles. The Morgan fingerprint density at radius 3 is 2.10 bits per heavy atom. The highest BCUT2D eigenvalue weighted by Gasteiger charge is 2.48. The van der Waals surface area contributed by atoms with Crippen molar-refractivity contribution in [2.75, 3.05) is 64.6 Å². The molecule has 0 bridgehead atoms. The van der Waals surface area contributed by atoms with Gasteiger partial charge in [-0.25, -0.2) is 8.42 Å². The molecule has 2 heterocycles. The minimum Gasteiger partial charge on any atom is -0.383 e. The summed E-state index contributed by atoms with van der Waals surface area (Å²) in [6.07, 6.45) is 3.52. The minimum absolute atomic E-state index is 0.0956. The maximum Gasteiger partial charge on any atom is 0.501 e. The molecule has 1 atom stereocenters. The first-order valence-corrected chi connectivity index (χ1v) is 25.9. The molecular weight excluding hydrogens is 903 g/mol. The molecule has 0 aliphatic carbocycles. The van der Waals surface area contributed by atoms with E-state index in [1.807, 2.05) is 78.9 Å². The number of aromatic nitrogens is 1. The number of nitrogens with zero attached hydrogens (tertiary/aromatic N) is 3. The van der Waals surface area contributed by atoms with Crippen LogP contribution in [0.25, 0.3) is 22.4 Å². The quantitative estimate of drug-likeness (QED) is 0.0527. The van der Waals surface area contributed by atoms with E-state index >= 15 is 0 Å². The molecule has 6 aromatic rings. The Morgan fingerprint density at radius 2 is 1.46 bits per heavy atom. The summed E-state index contributed by atoms with van der Waals surface area (Å²) < 4.78 is 85.6. The normalized spacial score (nSPS) is 13.9. The van der Waals surface area contributed by atoms with Crippen molar-refractivity contribution < 1.29 is 25.8 Å². The molecular formula is C47H49ClF3N5O3S4. The molecule has 332 valence electrons. The van der Waals surface area contributed by atoms with Crippen molar-refractivity contribution in [3.8, 4) is 22.4 Å². The highest BCUT2D eigenvalue weighted by molar-refractivity contribution is 8.00. The van der Waals surface area contributed by atoms with Crippen LogP contribution in [-0.2, 0) is 33.6 Å². The average molecular weight is 953 g/mol. The van der Waals surface area contributed by atoms with Crippen molar-refractivity contribution >= 4 is 78.7 Å². The number of nitrogens with one attached hydrogen (secondary N) is 2. The number of anilines is 4. The molecule has 8 nitrogen and oxygen atoms in total. The lowest BCUT2D eigenvalue weighted by Crippen LogP contribution is -2.46. The van der Waals surface area contributed by atoms with Gasteiger partial charge in [-0.15, -0.1) is 11.8 Å². The van der Waals surface area contributed by atoms with E-state index in [-0.39, 0.29) is 12.2 Å². The second kappa shape index (κ2) is 20.5. The predicted molar refractivity (Wildman–Crippen MR) is 258 cm³/mol. The van der Waals surface area contributed by atoms with Crippen LogP contribution in [0.1, 0.15) is 26.0 Å². The fourth-order valence-electron chi connectivity index (χ4n) is 7.83. The van der Waals surface area contributed by atoms with Gasteiger partial charge in [-0.05, 0) is 115 Å². The molecule has 16 heteroatoms. The molecule has 5 aromatic carbocycles. The Bertz CT molecular complexity index is 2640. The predicted octanol–water partition coefficient (Wildman–Crippen LogP) is 12.1. The fraction of sp³-hybridized carbons (Fsp3) is 0.277. The first kappa shape index (κ1) is 46.5. The lowest BCUT2D eigenvalue weighted by atomic mass is 10.00. The standard InChI is InChI=1S/C47H49ClF3N5O3S4/c1-4-10-42-46(62(3)57)44(45(56(42)5-2)33-15-17-35(48)18-16-33)34-11-9-12-38(31-34)55-28-26-54(27-29-55)37-21-19-36(20-22-37)53-61-40-23-24-41(43(32-40)63(58,59)47(49,50)51)52-25-30-60-39-13-7-6-8-14-39/h6-9,11-24,31-32,52-53H,4-5,10,25-30H2,1-3H3. The number of hydrogen-bond acceptors (Lipinski definition) is 9. The van der Waals surface area contributed by atoms with Gasteiger partial charge in [0.1, 0.15) is 4.90 Å². The molecule has 0 saturated carbocycles. The van der Waals surface area contributed by atoms with E-state index < -0.39 is 31.0 Å². The topological polar surface area (TPSA) is 86.7 Å². The van der Waals surface area contributed by atoms with Crippen LogP contribution in [0.3, 0.4) is 0 Å². The van der Waals surface area contributed by atoms with Gasteiger partial charge in [0.25, 0.3) is 9.84 Å². The number of alkyl halides is 3. The van der Waals surface area contributed by atoms with Gasteiger partial charge < -0.3 is 24.4 Å². The van der Waals surface area contributed by atoms with Gasteiger partial charge in [0.15, 0.2) is 0 Å². The van der Waals surface area contributed by atoms with E-state index in [1.54, 1.807) is 12.3 Å². The molecule has 0 amide bonds. The van der Waals surface area contributed by atoms with Crippen molar-refractivity contribution in [3.63, 3.8) is 0 Å². The summed E-state index contributed by atoms with van der Waals surface area (Å²) in [5.41, 5.74) is 2.51. The van der Waals surface area contributed by atoms with E-state index in [1.165, 1.54) is 17.8 Å². The van der Waals surface area contributed by atoms with Crippen molar-refractivity contribution in [1.82, 2.24) is 4.57 Å². The first-order chi connectivity index (χ1) is 30.3. The van der Waals surface area contributed by atoms with Crippen molar-refractivity contribution in [2.45, 2.75) is 58.3 Å². The molecule has 0 radical (unpaired) electrons. The van der Waals surface area contributed by atoms with Crippen LogP contribution in [0, 0.1) is 0 Å². The van der Waals surface area contributed by atoms with Crippen molar-refractivity contribution in [1.29, 1.82) is 0 Å². The van der Waals surface area contributed by atoms with Crippen LogP contribution < -0.4 is 19.8 Å². The molecule has 0 spiro atoms. The Hall–Kier alpha value is -4.54. The average Bonchev–Trinajstić information content (AvgIpc) is 3.62. The van der Waals surface area contributed by atoms with E-state index in [9.17, 15) is 25.8 Å². The number of hydrogen-bond donors (Lipinski definition) is 2. The summed E-state index contributed by atoms with van der Waals surface area (Å²) in [4.78, 5) is 6.08. The number of rotatable bonds is 17. The van der Waals surface area contributed by atoms with Gasteiger partial charge in [0.2, 0.25) is 0 Å². The SMILES string of the molecule is CCCc1c(S(C)=O)c(-c2cccc(N3CCN(c4ccc(NSc5ccc(NCCSc6ccccc6)c(S(=O)(=O)C(F)(F)F)c5)cc4)CC3)c2)c(-c2ccc(Cl)cc2)n1CC. The lowest BCUT2D eigenvalue weighted by Gasteiger charge is -2.37. The minimum atomic E-state index is -5.61.